The van der Waals surface area contributed by atoms with Crippen LogP contribution in [0.2, 0.25) is 0 Å². The molecule has 0 fully saturated rings. The summed E-state index contributed by atoms with van der Waals surface area (Å²) in [7, 11) is 0. The van der Waals surface area contributed by atoms with E-state index in [0.717, 1.165) is 0 Å². The topological polar surface area (TPSA) is 102 Å². The fraction of sp³-hybridized carbons (Fsp3) is 0.800. The molecule has 0 aliphatic carbocycles. The monoisotopic (exact) mass is 145 g/mol. The van der Waals surface area contributed by atoms with E-state index in [1.807, 2.05) is 6.92 Å². The van der Waals surface area contributed by atoms with Crippen molar-refractivity contribution in [3.8, 4) is 0 Å². The zero-order valence-electron chi connectivity index (χ0n) is 6.17. The predicted molar refractivity (Wildman–Crippen MR) is 42.3 cm³/mol. The van der Waals surface area contributed by atoms with Gasteiger partial charge in [-0.25, -0.2) is 0 Å². The van der Waals surface area contributed by atoms with Gasteiger partial charge >= 0.3 is 0 Å². The first-order chi connectivity index (χ1) is 4.63. The fourth-order valence-corrected chi connectivity index (χ4v) is 0.477. The van der Waals surface area contributed by atoms with E-state index in [0.29, 0.717) is 13.1 Å². The maximum Gasteiger partial charge on any atom is 0.185 e. The lowest BCUT2D eigenvalue weighted by molar-refractivity contribution is 0.574. The second-order valence-electron chi connectivity index (χ2n) is 2.05. The predicted octanol–water partition coefficient (Wildman–Crippen LogP) is -1.85. The Labute approximate surface area is 60.7 Å². The van der Waals surface area contributed by atoms with Crippen LogP contribution in [0.25, 0.3) is 0 Å². The molecule has 0 saturated heterocycles. The molecule has 0 aromatic rings. The standard InChI is InChI=1S/C5H15N5/c1-4(6)9-2-3-10-5(7)8/h4,9H,2-3,6H2,1H3,(H4,7,8,10)/t4-/m0/s1. The first-order valence-electron chi connectivity index (χ1n) is 3.17. The summed E-state index contributed by atoms with van der Waals surface area (Å²) in [5.74, 6) is 0.117. The van der Waals surface area contributed by atoms with E-state index in [1.165, 1.54) is 0 Å². The largest absolute Gasteiger partial charge is 0.370 e. The van der Waals surface area contributed by atoms with Gasteiger partial charge in [0.25, 0.3) is 0 Å². The lowest BCUT2D eigenvalue weighted by atomic mass is 10.5. The summed E-state index contributed by atoms with van der Waals surface area (Å²) in [6.45, 7) is 3.13. The second-order valence-corrected chi connectivity index (χ2v) is 2.05. The molecule has 1 atom stereocenters. The molecule has 0 saturated carbocycles. The number of aliphatic imine (C=N–C) groups is 1. The van der Waals surface area contributed by atoms with Crippen LogP contribution in [0.1, 0.15) is 6.92 Å². The van der Waals surface area contributed by atoms with E-state index in [1.54, 1.807) is 0 Å². The van der Waals surface area contributed by atoms with Crippen molar-refractivity contribution in [3.05, 3.63) is 0 Å². The Morgan fingerprint density at radius 1 is 1.60 bits per heavy atom. The van der Waals surface area contributed by atoms with E-state index in [2.05, 4.69) is 10.3 Å². The molecular weight excluding hydrogens is 130 g/mol. The third kappa shape index (κ3) is 7.19. The lowest BCUT2D eigenvalue weighted by Crippen LogP contribution is -2.36. The highest BCUT2D eigenvalue weighted by Gasteiger charge is 1.88. The van der Waals surface area contributed by atoms with Crippen LogP contribution >= 0.6 is 0 Å². The average molecular weight is 145 g/mol. The molecule has 5 nitrogen and oxygen atoms in total. The summed E-state index contributed by atoms with van der Waals surface area (Å²) in [5, 5.41) is 2.96. The third-order valence-corrected chi connectivity index (χ3v) is 0.872. The smallest absolute Gasteiger partial charge is 0.185 e. The molecule has 0 radical (unpaired) electrons. The van der Waals surface area contributed by atoms with Crippen molar-refractivity contribution in [2.45, 2.75) is 13.1 Å². The minimum absolute atomic E-state index is 0.00537. The third-order valence-electron chi connectivity index (χ3n) is 0.872. The van der Waals surface area contributed by atoms with E-state index in [9.17, 15) is 0 Å². The van der Waals surface area contributed by atoms with Gasteiger partial charge in [-0.05, 0) is 6.92 Å². The molecule has 0 bridgehead atoms. The molecule has 0 spiro atoms. The first-order valence-corrected chi connectivity index (χ1v) is 3.17. The van der Waals surface area contributed by atoms with Crippen molar-refractivity contribution in [3.63, 3.8) is 0 Å². The summed E-state index contributed by atoms with van der Waals surface area (Å²) in [6.07, 6.45) is -0.00537. The van der Waals surface area contributed by atoms with Crippen molar-refractivity contribution < 1.29 is 0 Å². The minimum atomic E-state index is -0.00537. The summed E-state index contributed by atoms with van der Waals surface area (Å²) >= 11 is 0. The van der Waals surface area contributed by atoms with Gasteiger partial charge in [-0.3, -0.25) is 4.99 Å². The maximum absolute atomic E-state index is 5.39. The van der Waals surface area contributed by atoms with E-state index in [4.69, 9.17) is 17.2 Å². The van der Waals surface area contributed by atoms with Crippen LogP contribution in [-0.4, -0.2) is 25.2 Å². The Morgan fingerprint density at radius 3 is 2.60 bits per heavy atom. The number of guanidine groups is 1. The van der Waals surface area contributed by atoms with Crippen LogP contribution in [-0.2, 0) is 0 Å². The van der Waals surface area contributed by atoms with Crippen molar-refractivity contribution >= 4 is 5.96 Å². The Morgan fingerprint density at radius 2 is 2.20 bits per heavy atom. The molecule has 0 amide bonds. The Bertz CT molecular complexity index is 105. The fourth-order valence-electron chi connectivity index (χ4n) is 0.477. The van der Waals surface area contributed by atoms with E-state index >= 15 is 0 Å². The van der Waals surface area contributed by atoms with Gasteiger partial charge in [-0.1, -0.05) is 0 Å². The van der Waals surface area contributed by atoms with Crippen molar-refractivity contribution in [1.82, 2.24) is 5.32 Å². The quantitative estimate of drug-likeness (QED) is 0.161. The van der Waals surface area contributed by atoms with Crippen LogP contribution < -0.4 is 22.5 Å². The SMILES string of the molecule is C[C@@H](N)NCCN=C(N)N. The highest BCUT2D eigenvalue weighted by atomic mass is 15.0. The highest BCUT2D eigenvalue weighted by Crippen LogP contribution is 1.68. The summed E-state index contributed by atoms with van der Waals surface area (Å²) < 4.78 is 0. The highest BCUT2D eigenvalue weighted by molar-refractivity contribution is 5.75. The Kier molecular flexibility index (Phi) is 4.61. The first kappa shape index (κ1) is 9.19. The maximum atomic E-state index is 5.39. The molecule has 0 aromatic carbocycles. The van der Waals surface area contributed by atoms with E-state index < -0.39 is 0 Å². The van der Waals surface area contributed by atoms with Crippen LogP contribution in [0.5, 0.6) is 0 Å². The van der Waals surface area contributed by atoms with Gasteiger partial charge in [0.1, 0.15) is 0 Å². The minimum Gasteiger partial charge on any atom is -0.370 e. The van der Waals surface area contributed by atoms with Crippen molar-refractivity contribution in [2.24, 2.45) is 22.2 Å². The van der Waals surface area contributed by atoms with Crippen LogP contribution in [0.3, 0.4) is 0 Å². The van der Waals surface area contributed by atoms with Gasteiger partial charge in [-0.2, -0.15) is 0 Å². The molecule has 10 heavy (non-hydrogen) atoms. The molecule has 0 aliphatic heterocycles. The van der Waals surface area contributed by atoms with Crippen molar-refractivity contribution in [1.29, 1.82) is 0 Å². The number of nitrogens with zero attached hydrogens (tertiary/aromatic N) is 1. The van der Waals surface area contributed by atoms with Crippen LogP contribution in [0.4, 0.5) is 0 Å². The molecule has 0 aromatic heterocycles. The number of rotatable bonds is 4. The van der Waals surface area contributed by atoms with Gasteiger partial charge in [0.05, 0.1) is 12.7 Å². The molecule has 5 heteroatoms. The van der Waals surface area contributed by atoms with Crippen molar-refractivity contribution in [2.75, 3.05) is 13.1 Å². The average Bonchev–Trinajstić information content (AvgIpc) is 1.79. The zero-order valence-corrected chi connectivity index (χ0v) is 6.17. The normalized spacial score (nSPS) is 12.6. The number of nitrogens with two attached hydrogens (primary N) is 3. The Hall–Kier alpha value is -0.810. The summed E-state index contributed by atoms with van der Waals surface area (Å²) in [6, 6.07) is 0. The molecular formula is C5H15N5. The van der Waals surface area contributed by atoms with Gasteiger partial charge in [-0.15, -0.1) is 0 Å². The zero-order chi connectivity index (χ0) is 7.98. The molecule has 0 aliphatic rings. The van der Waals surface area contributed by atoms with Crippen LogP contribution in [0, 0.1) is 0 Å². The van der Waals surface area contributed by atoms with Gasteiger partial charge in [0, 0.05) is 6.54 Å². The lowest BCUT2D eigenvalue weighted by Gasteiger charge is -2.04. The summed E-state index contributed by atoms with van der Waals surface area (Å²) in [5.41, 5.74) is 15.5. The molecule has 0 rings (SSSR count). The molecule has 0 unspecified atom stereocenters. The van der Waals surface area contributed by atoms with Gasteiger partial charge in [0.15, 0.2) is 5.96 Å². The van der Waals surface area contributed by atoms with Gasteiger partial charge in [0.2, 0.25) is 0 Å². The Balaban J connectivity index is 3.13. The number of hydrogen-bond donors (Lipinski definition) is 4. The van der Waals surface area contributed by atoms with Crippen LogP contribution in [0.15, 0.2) is 4.99 Å². The number of hydrogen-bond acceptors (Lipinski definition) is 3. The summed E-state index contributed by atoms with van der Waals surface area (Å²) in [4.78, 5) is 3.75. The molecule has 0 heterocycles. The molecule has 60 valence electrons. The number of nitrogens with one attached hydrogen (secondary N) is 1. The second kappa shape index (κ2) is 5.01. The molecule has 7 N–H and O–H groups in total. The van der Waals surface area contributed by atoms with E-state index in [-0.39, 0.29) is 12.1 Å². The van der Waals surface area contributed by atoms with Gasteiger partial charge < -0.3 is 22.5 Å².